The van der Waals surface area contributed by atoms with Gasteiger partial charge in [-0.3, -0.25) is 9.52 Å². The number of benzene rings is 2. The Balaban J connectivity index is 1.98. The molecule has 0 saturated heterocycles. The number of nitrogens with zero attached hydrogens (tertiary/aromatic N) is 1. The molecular weight excluding hydrogens is 448 g/mol. The molecule has 1 atom stereocenters. The summed E-state index contributed by atoms with van der Waals surface area (Å²) >= 11 is 4.77. The molecule has 1 heterocycles. The largest absolute Gasteiger partial charge is 0.618 e. The van der Waals surface area contributed by atoms with Gasteiger partial charge in [0, 0.05) is 23.6 Å². The molecule has 0 amide bonds. The summed E-state index contributed by atoms with van der Waals surface area (Å²) in [6.45, 7) is 1.60. The lowest BCUT2D eigenvalue weighted by atomic mass is 10.0. The Morgan fingerprint density at radius 2 is 1.77 bits per heavy atom. The maximum Gasteiger partial charge on any atom is 0.261 e. The van der Waals surface area contributed by atoms with E-state index in [9.17, 15) is 23.0 Å². The standard InChI is InChI=1S/C20H17ClN2O5S2/c1-13-3-4-14(12-23(13)25)20(24)18-11-15(21)5-10-19(18)22-30(27,28)17-8-6-16(7-9-17)29(2)26/h3-12,22H,1-2H3. The Morgan fingerprint density at radius 3 is 2.37 bits per heavy atom. The predicted octanol–water partition coefficient (Wildman–Crippen LogP) is 3.05. The molecule has 30 heavy (non-hydrogen) atoms. The van der Waals surface area contributed by atoms with Crippen LogP contribution < -0.4 is 9.45 Å². The maximum absolute atomic E-state index is 12.9. The van der Waals surface area contributed by atoms with Crippen LogP contribution in [0.15, 0.2) is 70.6 Å². The molecule has 1 unspecified atom stereocenters. The SMILES string of the molecule is Cc1ccc(C(=O)c2cc(Cl)ccc2NS(=O)(=O)c2ccc([S+](C)[O-])cc2)c[n+]1[O-]. The van der Waals surface area contributed by atoms with Crippen LogP contribution in [0.1, 0.15) is 21.6 Å². The van der Waals surface area contributed by atoms with Gasteiger partial charge in [-0.1, -0.05) is 11.6 Å². The van der Waals surface area contributed by atoms with Gasteiger partial charge < -0.3 is 9.76 Å². The number of aryl methyl sites for hydroxylation is 1. The highest BCUT2D eigenvalue weighted by Crippen LogP contribution is 2.26. The van der Waals surface area contributed by atoms with Crippen LogP contribution in [0.25, 0.3) is 0 Å². The van der Waals surface area contributed by atoms with Gasteiger partial charge in [0.05, 0.1) is 16.1 Å². The van der Waals surface area contributed by atoms with Crippen molar-refractivity contribution in [1.29, 1.82) is 0 Å². The average Bonchev–Trinajstić information content (AvgIpc) is 2.70. The molecule has 0 spiro atoms. The van der Waals surface area contributed by atoms with Gasteiger partial charge in [-0.2, -0.15) is 4.73 Å². The van der Waals surface area contributed by atoms with Gasteiger partial charge in [0.25, 0.3) is 10.0 Å². The summed E-state index contributed by atoms with van der Waals surface area (Å²) in [5.74, 6) is -0.559. The summed E-state index contributed by atoms with van der Waals surface area (Å²) in [6.07, 6.45) is 2.62. The molecule has 3 aromatic rings. The van der Waals surface area contributed by atoms with E-state index < -0.39 is 27.0 Å². The third kappa shape index (κ3) is 4.76. The van der Waals surface area contributed by atoms with E-state index in [0.29, 0.717) is 15.3 Å². The van der Waals surface area contributed by atoms with Crippen LogP contribution in [-0.2, 0) is 21.2 Å². The van der Waals surface area contributed by atoms with Crippen LogP contribution in [0.5, 0.6) is 0 Å². The molecule has 0 aliphatic rings. The van der Waals surface area contributed by atoms with E-state index in [2.05, 4.69) is 4.72 Å². The van der Waals surface area contributed by atoms with Gasteiger partial charge in [0.1, 0.15) is 6.26 Å². The van der Waals surface area contributed by atoms with Crippen molar-refractivity contribution in [2.24, 2.45) is 0 Å². The van der Waals surface area contributed by atoms with Gasteiger partial charge in [0.15, 0.2) is 16.8 Å². The zero-order valence-corrected chi connectivity index (χ0v) is 18.3. The molecule has 0 aliphatic carbocycles. The van der Waals surface area contributed by atoms with Gasteiger partial charge in [-0.25, -0.2) is 8.42 Å². The molecule has 0 saturated carbocycles. The maximum atomic E-state index is 12.9. The number of aromatic nitrogens is 1. The number of carbonyl (C=O) groups excluding carboxylic acids is 1. The van der Waals surface area contributed by atoms with Crippen LogP contribution in [0.3, 0.4) is 0 Å². The summed E-state index contributed by atoms with van der Waals surface area (Å²) in [5, 5.41) is 12.1. The summed E-state index contributed by atoms with van der Waals surface area (Å²) in [6, 6.07) is 12.7. The smallest absolute Gasteiger partial charge is 0.261 e. The van der Waals surface area contributed by atoms with Crippen LogP contribution in [0, 0.1) is 12.1 Å². The Morgan fingerprint density at radius 1 is 1.10 bits per heavy atom. The zero-order valence-electron chi connectivity index (χ0n) is 16.0. The summed E-state index contributed by atoms with van der Waals surface area (Å²) in [4.78, 5) is 13.4. The van der Waals surface area contributed by atoms with Crippen molar-refractivity contribution >= 4 is 44.3 Å². The average molecular weight is 465 g/mol. The van der Waals surface area contributed by atoms with E-state index in [-0.39, 0.29) is 26.7 Å². The fourth-order valence-corrected chi connectivity index (χ4v) is 4.42. The first kappa shape index (κ1) is 22.1. The number of nitrogens with one attached hydrogen (secondary N) is 1. The Labute approximate surface area is 182 Å². The number of hydrogen-bond donors (Lipinski definition) is 1. The van der Waals surface area contributed by atoms with E-state index >= 15 is 0 Å². The Kier molecular flexibility index (Phi) is 6.37. The number of pyridine rings is 1. The molecule has 10 heteroatoms. The monoisotopic (exact) mass is 464 g/mol. The summed E-state index contributed by atoms with van der Waals surface area (Å²) in [5.41, 5.74) is 0.523. The molecule has 0 bridgehead atoms. The topological polar surface area (TPSA) is 113 Å². The zero-order chi connectivity index (χ0) is 22.1. The van der Waals surface area contributed by atoms with Crippen LogP contribution in [-0.4, -0.2) is 25.0 Å². The number of anilines is 1. The first-order valence-corrected chi connectivity index (χ1v) is 12.0. The van der Waals surface area contributed by atoms with Gasteiger partial charge in [-0.05, 0) is 59.7 Å². The highest BCUT2D eigenvalue weighted by molar-refractivity contribution is 7.92. The molecule has 7 nitrogen and oxygen atoms in total. The molecule has 0 fully saturated rings. The van der Waals surface area contributed by atoms with Crippen LogP contribution in [0.2, 0.25) is 5.02 Å². The molecule has 156 valence electrons. The quantitative estimate of drug-likeness (QED) is 0.260. The van der Waals surface area contributed by atoms with E-state index in [1.54, 1.807) is 6.92 Å². The minimum absolute atomic E-state index is 0.00112. The third-order valence-electron chi connectivity index (χ3n) is 4.31. The predicted molar refractivity (Wildman–Crippen MR) is 115 cm³/mol. The number of carbonyl (C=O) groups is 1. The molecule has 3 rings (SSSR count). The van der Waals surface area contributed by atoms with Crippen molar-refractivity contribution in [2.75, 3.05) is 11.0 Å². The van der Waals surface area contributed by atoms with Crippen molar-refractivity contribution in [1.82, 2.24) is 0 Å². The van der Waals surface area contributed by atoms with Gasteiger partial charge >= 0.3 is 0 Å². The van der Waals surface area contributed by atoms with Crippen molar-refractivity contribution in [3.05, 3.63) is 87.8 Å². The molecule has 1 aromatic heterocycles. The van der Waals surface area contributed by atoms with Crippen molar-refractivity contribution in [3.8, 4) is 0 Å². The van der Waals surface area contributed by atoms with Crippen molar-refractivity contribution in [2.45, 2.75) is 16.7 Å². The second-order valence-corrected chi connectivity index (χ2v) is 9.93. The highest BCUT2D eigenvalue weighted by atomic mass is 35.5. The number of halogens is 1. The third-order valence-corrected chi connectivity index (χ3v) is 6.86. The molecular formula is C20H17ClN2O5S2. The fourth-order valence-electron chi connectivity index (χ4n) is 2.65. The number of hydrogen-bond acceptors (Lipinski definition) is 5. The second-order valence-electron chi connectivity index (χ2n) is 6.44. The highest BCUT2D eigenvalue weighted by Gasteiger charge is 2.22. The Hall–Kier alpha value is -2.59. The lowest BCUT2D eigenvalue weighted by molar-refractivity contribution is -0.612. The number of rotatable bonds is 6. The fraction of sp³-hybridized carbons (Fsp3) is 0.100. The summed E-state index contributed by atoms with van der Waals surface area (Å²) < 4.78 is 40.0. The van der Waals surface area contributed by atoms with E-state index in [0.717, 1.165) is 6.20 Å². The van der Waals surface area contributed by atoms with E-state index in [1.165, 1.54) is 60.9 Å². The first-order valence-electron chi connectivity index (χ1n) is 8.59. The van der Waals surface area contributed by atoms with Crippen LogP contribution in [0.4, 0.5) is 5.69 Å². The van der Waals surface area contributed by atoms with E-state index in [4.69, 9.17) is 11.6 Å². The lowest BCUT2D eigenvalue weighted by Crippen LogP contribution is -2.30. The minimum Gasteiger partial charge on any atom is -0.618 e. The molecule has 1 N–H and O–H groups in total. The van der Waals surface area contributed by atoms with Crippen LogP contribution >= 0.6 is 11.6 Å². The number of sulfonamides is 1. The lowest BCUT2D eigenvalue weighted by Gasteiger charge is -2.13. The number of ketones is 1. The van der Waals surface area contributed by atoms with E-state index in [1.807, 2.05) is 0 Å². The van der Waals surface area contributed by atoms with Gasteiger partial charge in [0.2, 0.25) is 5.78 Å². The summed E-state index contributed by atoms with van der Waals surface area (Å²) in [7, 11) is -4.03. The normalized spacial score (nSPS) is 12.4. The molecule has 0 aliphatic heterocycles. The minimum atomic E-state index is -4.03. The van der Waals surface area contributed by atoms with Crippen molar-refractivity contribution in [3.63, 3.8) is 0 Å². The first-order chi connectivity index (χ1) is 14.1. The Bertz CT molecular complexity index is 1210. The van der Waals surface area contributed by atoms with Crippen molar-refractivity contribution < 1.29 is 22.5 Å². The molecule has 0 radical (unpaired) electrons. The van der Waals surface area contributed by atoms with Gasteiger partial charge in [-0.15, -0.1) is 0 Å². The molecule has 2 aromatic carbocycles. The second kappa shape index (κ2) is 8.65.